The maximum absolute atomic E-state index is 2.36. The first kappa shape index (κ1) is 32.6. The summed E-state index contributed by atoms with van der Waals surface area (Å²) in [6.07, 6.45) is 0. The number of hydrogen-bond acceptors (Lipinski definition) is 1. The van der Waals surface area contributed by atoms with Crippen LogP contribution in [0.5, 0.6) is 0 Å². The van der Waals surface area contributed by atoms with Crippen LogP contribution in [-0.2, 0) is 0 Å². The molecule has 8 aromatic carbocycles. The van der Waals surface area contributed by atoms with E-state index in [4.69, 9.17) is 0 Å². The number of anilines is 3. The average Bonchev–Trinajstić information content (AvgIpc) is 3.57. The molecule has 0 aliphatic carbocycles. The molecule has 250 valence electrons. The van der Waals surface area contributed by atoms with E-state index in [0.717, 1.165) is 17.1 Å². The van der Waals surface area contributed by atoms with Crippen LogP contribution in [0.2, 0.25) is 0 Å². The number of fused-ring (bicyclic) bond motifs is 3. The minimum atomic E-state index is 1.12. The number of hydrogen-bond donors (Lipinski definition) is 0. The van der Waals surface area contributed by atoms with Crippen molar-refractivity contribution in [3.63, 3.8) is 0 Å². The highest BCUT2D eigenvalue weighted by Crippen LogP contribution is 2.38. The molecule has 9 aromatic rings. The van der Waals surface area contributed by atoms with Gasteiger partial charge < -0.3 is 9.47 Å². The summed E-state index contributed by atoms with van der Waals surface area (Å²) in [6, 6.07) is 73.9. The van der Waals surface area contributed by atoms with E-state index in [1.807, 2.05) is 13.8 Å². The van der Waals surface area contributed by atoms with E-state index in [1.54, 1.807) is 0 Å². The molecule has 0 fully saturated rings. The number of rotatable bonds is 7. The van der Waals surface area contributed by atoms with Gasteiger partial charge in [-0.15, -0.1) is 0 Å². The Balaban J connectivity index is 0.00000190. The third-order valence-electron chi connectivity index (χ3n) is 9.61. The third kappa shape index (κ3) is 6.27. The lowest BCUT2D eigenvalue weighted by Crippen LogP contribution is -2.09. The lowest BCUT2D eigenvalue weighted by molar-refractivity contribution is 1.18. The van der Waals surface area contributed by atoms with Crippen molar-refractivity contribution in [3.8, 4) is 39.1 Å². The van der Waals surface area contributed by atoms with E-state index in [1.165, 1.54) is 60.9 Å². The summed E-state index contributed by atoms with van der Waals surface area (Å²) >= 11 is 0. The molecule has 2 nitrogen and oxygen atoms in total. The molecule has 0 atom stereocenters. The van der Waals surface area contributed by atoms with Crippen molar-refractivity contribution in [1.82, 2.24) is 4.57 Å². The van der Waals surface area contributed by atoms with Gasteiger partial charge in [0, 0.05) is 33.5 Å². The first-order valence-electron chi connectivity index (χ1n) is 18.1. The van der Waals surface area contributed by atoms with E-state index in [2.05, 4.69) is 216 Å². The first-order valence-corrected chi connectivity index (χ1v) is 18.1. The predicted molar refractivity (Wildman–Crippen MR) is 223 cm³/mol. The van der Waals surface area contributed by atoms with Gasteiger partial charge in [-0.2, -0.15) is 0 Å². The van der Waals surface area contributed by atoms with Crippen molar-refractivity contribution >= 4 is 38.9 Å². The fraction of sp³-hybridized carbons (Fsp3) is 0.0400. The minimum absolute atomic E-state index is 1.12. The number of nitrogens with zero attached hydrogens (tertiary/aromatic N) is 2. The molecule has 9 rings (SSSR count). The molecule has 0 aliphatic heterocycles. The average molecular weight is 669 g/mol. The molecular weight excluding hydrogens is 629 g/mol. The van der Waals surface area contributed by atoms with Gasteiger partial charge in [-0.05, 0) is 100 Å². The summed E-state index contributed by atoms with van der Waals surface area (Å²) < 4.78 is 2.36. The maximum atomic E-state index is 2.36. The van der Waals surface area contributed by atoms with Crippen molar-refractivity contribution in [1.29, 1.82) is 0 Å². The second-order valence-corrected chi connectivity index (χ2v) is 12.6. The molecule has 0 bridgehead atoms. The quantitative estimate of drug-likeness (QED) is 0.164. The molecule has 0 N–H and O–H groups in total. The predicted octanol–water partition coefficient (Wildman–Crippen LogP) is 14.3. The van der Waals surface area contributed by atoms with Gasteiger partial charge in [0.05, 0.1) is 11.0 Å². The molecule has 2 heteroatoms. The van der Waals surface area contributed by atoms with Gasteiger partial charge in [0.1, 0.15) is 0 Å². The van der Waals surface area contributed by atoms with E-state index >= 15 is 0 Å². The topological polar surface area (TPSA) is 8.17 Å². The fourth-order valence-corrected chi connectivity index (χ4v) is 7.12. The van der Waals surface area contributed by atoms with Gasteiger partial charge in [0.25, 0.3) is 0 Å². The minimum Gasteiger partial charge on any atom is -0.311 e. The van der Waals surface area contributed by atoms with Crippen molar-refractivity contribution in [2.45, 2.75) is 13.8 Å². The largest absolute Gasteiger partial charge is 0.311 e. The lowest BCUT2D eigenvalue weighted by atomic mass is 9.98. The lowest BCUT2D eigenvalue weighted by Gasteiger charge is -2.26. The van der Waals surface area contributed by atoms with E-state index in [0.29, 0.717) is 0 Å². The Morgan fingerprint density at radius 1 is 0.308 bits per heavy atom. The van der Waals surface area contributed by atoms with Crippen molar-refractivity contribution in [2.24, 2.45) is 0 Å². The monoisotopic (exact) mass is 668 g/mol. The molecule has 1 aromatic heterocycles. The Hall–Kier alpha value is -6.64. The second kappa shape index (κ2) is 14.7. The van der Waals surface area contributed by atoms with Gasteiger partial charge in [-0.1, -0.05) is 153 Å². The van der Waals surface area contributed by atoms with Crippen LogP contribution < -0.4 is 4.90 Å². The van der Waals surface area contributed by atoms with Crippen LogP contribution in [0, 0.1) is 0 Å². The smallest absolute Gasteiger partial charge is 0.0541 e. The molecule has 0 unspecified atom stereocenters. The second-order valence-electron chi connectivity index (χ2n) is 12.6. The van der Waals surface area contributed by atoms with E-state index in [-0.39, 0.29) is 0 Å². The Morgan fingerprint density at radius 2 is 0.692 bits per heavy atom. The third-order valence-corrected chi connectivity index (χ3v) is 9.61. The van der Waals surface area contributed by atoms with Gasteiger partial charge >= 0.3 is 0 Å². The summed E-state index contributed by atoms with van der Waals surface area (Å²) in [5, 5.41) is 2.53. The molecule has 0 saturated carbocycles. The molecular formula is C50H40N2. The standard InChI is InChI=1S/C48H34N2.C2H6/c1-4-12-35(13-5-1)37-24-29-43(30-25-37)49(41-14-6-2-7-15-41)44-31-26-38(27-32-44)36-20-22-39(23-21-36)40-28-33-48-46(34-40)45-18-10-11-19-47(45)50(48)42-16-8-3-9-17-42;1-2/h1-34H;1-2H3. The number of aromatic nitrogens is 1. The summed E-state index contributed by atoms with van der Waals surface area (Å²) in [5.41, 5.74) is 14.2. The highest BCUT2D eigenvalue weighted by molar-refractivity contribution is 6.10. The van der Waals surface area contributed by atoms with Gasteiger partial charge in [0.2, 0.25) is 0 Å². The maximum Gasteiger partial charge on any atom is 0.0541 e. The van der Waals surface area contributed by atoms with Crippen LogP contribution in [-0.4, -0.2) is 4.57 Å². The summed E-state index contributed by atoms with van der Waals surface area (Å²) in [4.78, 5) is 2.31. The summed E-state index contributed by atoms with van der Waals surface area (Å²) in [5.74, 6) is 0. The Labute approximate surface area is 306 Å². The van der Waals surface area contributed by atoms with Crippen LogP contribution in [0.15, 0.2) is 206 Å². The van der Waals surface area contributed by atoms with E-state index < -0.39 is 0 Å². The zero-order chi connectivity index (χ0) is 35.3. The van der Waals surface area contributed by atoms with Crippen LogP contribution in [0.4, 0.5) is 17.1 Å². The molecule has 0 saturated heterocycles. The normalized spacial score (nSPS) is 10.9. The zero-order valence-corrected chi connectivity index (χ0v) is 29.5. The fourth-order valence-electron chi connectivity index (χ4n) is 7.12. The van der Waals surface area contributed by atoms with Crippen LogP contribution in [0.1, 0.15) is 13.8 Å². The van der Waals surface area contributed by atoms with Crippen molar-refractivity contribution in [2.75, 3.05) is 4.90 Å². The van der Waals surface area contributed by atoms with Crippen LogP contribution in [0.25, 0.3) is 60.9 Å². The Morgan fingerprint density at radius 3 is 1.27 bits per heavy atom. The number of para-hydroxylation sites is 3. The zero-order valence-electron chi connectivity index (χ0n) is 29.5. The first-order chi connectivity index (χ1) is 25.8. The number of benzene rings is 8. The summed E-state index contributed by atoms with van der Waals surface area (Å²) in [6.45, 7) is 4.00. The molecule has 0 radical (unpaired) electrons. The summed E-state index contributed by atoms with van der Waals surface area (Å²) in [7, 11) is 0. The van der Waals surface area contributed by atoms with Crippen LogP contribution >= 0.6 is 0 Å². The van der Waals surface area contributed by atoms with Gasteiger partial charge in [-0.3, -0.25) is 0 Å². The van der Waals surface area contributed by atoms with Gasteiger partial charge in [-0.25, -0.2) is 0 Å². The molecule has 0 amide bonds. The molecule has 0 spiro atoms. The molecule has 52 heavy (non-hydrogen) atoms. The molecule has 0 aliphatic rings. The Bertz CT molecular complexity index is 2530. The van der Waals surface area contributed by atoms with Crippen LogP contribution in [0.3, 0.4) is 0 Å². The highest BCUT2D eigenvalue weighted by atomic mass is 15.1. The van der Waals surface area contributed by atoms with Crippen molar-refractivity contribution in [3.05, 3.63) is 206 Å². The Kier molecular flexibility index (Phi) is 9.19. The van der Waals surface area contributed by atoms with E-state index in [9.17, 15) is 0 Å². The SMILES string of the molecule is CC.c1ccc(-c2ccc(N(c3ccccc3)c3ccc(-c4ccc(-c5ccc6c(c5)c5ccccc5n6-c5ccccc5)cc4)cc3)cc2)cc1. The van der Waals surface area contributed by atoms with Crippen molar-refractivity contribution < 1.29 is 0 Å². The molecule has 1 heterocycles. The highest BCUT2D eigenvalue weighted by Gasteiger charge is 2.15. The van der Waals surface area contributed by atoms with Gasteiger partial charge in [0.15, 0.2) is 0 Å².